The van der Waals surface area contributed by atoms with Gasteiger partial charge in [-0.2, -0.15) is 0 Å². The van der Waals surface area contributed by atoms with Gasteiger partial charge in [0.15, 0.2) is 0 Å². The molecule has 0 unspecified atom stereocenters. The first-order valence-electron chi connectivity index (χ1n) is 5.24. The molecule has 0 radical (unpaired) electrons. The molecule has 0 aliphatic heterocycles. The molecule has 6 heteroatoms. The zero-order valence-electron chi connectivity index (χ0n) is 9.58. The molecule has 0 aromatic heterocycles. The fraction of sp³-hybridized carbons (Fsp3) is 0. The fourth-order valence-corrected chi connectivity index (χ4v) is 2.60. The summed E-state index contributed by atoms with van der Waals surface area (Å²) < 4.78 is 7.31. The van der Waals surface area contributed by atoms with Gasteiger partial charge < -0.3 is 10.5 Å². The highest BCUT2D eigenvalue weighted by Crippen LogP contribution is 2.35. The maximum absolute atomic E-state index is 7.37. The van der Waals surface area contributed by atoms with Gasteiger partial charge in [0, 0.05) is 10.0 Å². The van der Waals surface area contributed by atoms with Crippen LogP contribution in [-0.2, 0) is 0 Å². The quantitative estimate of drug-likeness (QED) is 0.562. The van der Waals surface area contributed by atoms with Crippen molar-refractivity contribution in [2.45, 2.75) is 0 Å². The van der Waals surface area contributed by atoms with Gasteiger partial charge in [0.2, 0.25) is 0 Å². The van der Waals surface area contributed by atoms with Crippen LogP contribution < -0.4 is 10.5 Å². The van der Waals surface area contributed by atoms with Crippen LogP contribution in [0.5, 0.6) is 11.5 Å². The average molecular weight is 404 g/mol. The molecule has 2 aromatic carbocycles. The number of nitrogens with two attached hydrogens (primary N) is 1. The van der Waals surface area contributed by atoms with E-state index in [2.05, 4.69) is 31.9 Å². The maximum atomic E-state index is 7.37. The van der Waals surface area contributed by atoms with Crippen LogP contribution in [0.2, 0.25) is 5.02 Å². The number of nitrogen functional groups attached to an aromatic ring is 1. The summed E-state index contributed by atoms with van der Waals surface area (Å²) in [6.45, 7) is 0. The predicted molar refractivity (Wildman–Crippen MR) is 84.4 cm³/mol. The van der Waals surface area contributed by atoms with Gasteiger partial charge in [-0.1, -0.05) is 27.5 Å². The van der Waals surface area contributed by atoms with Gasteiger partial charge in [-0.3, -0.25) is 5.41 Å². The summed E-state index contributed by atoms with van der Waals surface area (Å²) in [6, 6.07) is 10.6. The van der Waals surface area contributed by atoms with Crippen LogP contribution >= 0.6 is 43.5 Å². The number of rotatable bonds is 3. The van der Waals surface area contributed by atoms with E-state index in [9.17, 15) is 0 Å². The summed E-state index contributed by atoms with van der Waals surface area (Å²) in [6.07, 6.45) is 0. The molecule has 2 aromatic rings. The highest BCUT2D eigenvalue weighted by atomic mass is 79.9. The van der Waals surface area contributed by atoms with Gasteiger partial charge in [-0.15, -0.1) is 0 Å². The van der Waals surface area contributed by atoms with E-state index in [0.717, 1.165) is 4.47 Å². The molecule has 0 spiro atoms. The van der Waals surface area contributed by atoms with E-state index >= 15 is 0 Å². The molecule has 3 nitrogen and oxygen atoms in total. The highest BCUT2D eigenvalue weighted by molar-refractivity contribution is 9.10. The smallest absolute Gasteiger partial charge is 0.146 e. The minimum atomic E-state index is 0.00826. The third-order valence-electron chi connectivity index (χ3n) is 2.36. The van der Waals surface area contributed by atoms with Crippen molar-refractivity contribution in [2.24, 2.45) is 5.73 Å². The molecule has 0 amide bonds. The van der Waals surface area contributed by atoms with Crippen LogP contribution in [0.1, 0.15) is 5.56 Å². The number of halogens is 3. The minimum Gasteiger partial charge on any atom is -0.455 e. The van der Waals surface area contributed by atoms with Crippen LogP contribution in [0.25, 0.3) is 0 Å². The monoisotopic (exact) mass is 402 g/mol. The van der Waals surface area contributed by atoms with E-state index in [-0.39, 0.29) is 5.84 Å². The van der Waals surface area contributed by atoms with Crippen molar-refractivity contribution in [2.75, 3.05) is 0 Å². The zero-order chi connectivity index (χ0) is 14.0. The van der Waals surface area contributed by atoms with Crippen molar-refractivity contribution in [3.63, 3.8) is 0 Å². The van der Waals surface area contributed by atoms with Crippen LogP contribution in [0, 0.1) is 5.41 Å². The normalized spacial score (nSPS) is 10.3. The molecule has 0 atom stereocenters. The van der Waals surface area contributed by atoms with Crippen LogP contribution in [-0.4, -0.2) is 5.84 Å². The van der Waals surface area contributed by atoms with Crippen molar-refractivity contribution < 1.29 is 4.74 Å². The fourth-order valence-electron chi connectivity index (χ4n) is 1.43. The first-order valence-corrected chi connectivity index (χ1v) is 7.20. The Morgan fingerprint density at radius 1 is 1.11 bits per heavy atom. The number of hydrogen-bond donors (Lipinski definition) is 2. The topological polar surface area (TPSA) is 59.1 Å². The minimum absolute atomic E-state index is 0.00826. The van der Waals surface area contributed by atoms with Crippen LogP contribution in [0.4, 0.5) is 0 Å². The Balaban J connectivity index is 2.31. The summed E-state index contributed by atoms with van der Waals surface area (Å²) in [7, 11) is 0. The number of amidine groups is 1. The third-order valence-corrected chi connectivity index (χ3v) is 3.77. The first kappa shape index (κ1) is 14.4. The average Bonchev–Trinajstić information content (AvgIpc) is 2.34. The molecule has 2 rings (SSSR count). The second-order valence-electron chi connectivity index (χ2n) is 3.74. The molecular weight excluding hydrogens is 395 g/mol. The van der Waals surface area contributed by atoms with E-state index in [1.165, 1.54) is 0 Å². The van der Waals surface area contributed by atoms with Gasteiger partial charge in [0.1, 0.15) is 17.3 Å². The molecule has 98 valence electrons. The van der Waals surface area contributed by atoms with E-state index in [4.69, 9.17) is 27.5 Å². The lowest BCUT2D eigenvalue weighted by Gasteiger charge is -2.10. The summed E-state index contributed by atoms with van der Waals surface area (Å²) in [5, 5.41) is 7.88. The molecule has 19 heavy (non-hydrogen) atoms. The Hall–Kier alpha value is -1.04. The van der Waals surface area contributed by atoms with E-state index in [1.54, 1.807) is 30.3 Å². The summed E-state index contributed by atoms with van der Waals surface area (Å²) in [5.41, 5.74) is 6.05. The van der Waals surface area contributed by atoms with E-state index < -0.39 is 0 Å². The molecule has 3 N–H and O–H groups in total. The Morgan fingerprint density at radius 3 is 2.37 bits per heavy atom. The second-order valence-corrected chi connectivity index (χ2v) is 5.91. The second kappa shape index (κ2) is 5.94. The lowest BCUT2D eigenvalue weighted by Crippen LogP contribution is -2.10. The lowest BCUT2D eigenvalue weighted by molar-refractivity contribution is 0.480. The molecule has 0 fully saturated rings. The van der Waals surface area contributed by atoms with Crippen molar-refractivity contribution >= 4 is 49.3 Å². The number of ether oxygens (including phenoxy) is 1. The van der Waals surface area contributed by atoms with Gasteiger partial charge >= 0.3 is 0 Å². The number of benzene rings is 2. The standard InChI is InChI=1S/C13H9Br2ClN2O/c14-8-2-4-12(10(16)6-8)19-11-3-1-7(13(17)18)5-9(11)15/h1-6H,(H3,17,18). The molecule has 0 saturated carbocycles. The van der Waals surface area contributed by atoms with Crippen LogP contribution in [0.3, 0.4) is 0 Å². The Labute approximate surface area is 132 Å². The molecular formula is C13H9Br2ClN2O. The van der Waals surface area contributed by atoms with Crippen molar-refractivity contribution in [3.8, 4) is 11.5 Å². The highest BCUT2D eigenvalue weighted by Gasteiger charge is 2.08. The zero-order valence-corrected chi connectivity index (χ0v) is 13.5. The van der Waals surface area contributed by atoms with Gasteiger partial charge in [-0.25, -0.2) is 0 Å². The molecule has 0 aliphatic rings. The van der Waals surface area contributed by atoms with Crippen LogP contribution in [0.15, 0.2) is 45.3 Å². The van der Waals surface area contributed by atoms with Gasteiger partial charge in [0.05, 0.1) is 9.50 Å². The summed E-state index contributed by atoms with van der Waals surface area (Å²) >= 11 is 12.8. The Bertz CT molecular complexity index is 647. The van der Waals surface area contributed by atoms with Crippen molar-refractivity contribution in [3.05, 3.63) is 55.9 Å². The lowest BCUT2D eigenvalue weighted by atomic mass is 10.2. The Kier molecular flexibility index (Phi) is 4.50. The van der Waals surface area contributed by atoms with Crippen molar-refractivity contribution in [1.82, 2.24) is 0 Å². The first-order chi connectivity index (χ1) is 8.97. The predicted octanol–water partition coefficient (Wildman–Crippen LogP) is 4.94. The van der Waals surface area contributed by atoms with Gasteiger partial charge in [-0.05, 0) is 52.3 Å². The SMILES string of the molecule is N=C(N)c1ccc(Oc2ccc(Br)cc2Cl)c(Br)c1. The largest absolute Gasteiger partial charge is 0.455 e. The molecule has 0 saturated heterocycles. The molecule has 0 bridgehead atoms. The number of nitrogens with one attached hydrogen (secondary N) is 1. The maximum Gasteiger partial charge on any atom is 0.146 e. The van der Waals surface area contributed by atoms with Gasteiger partial charge in [0.25, 0.3) is 0 Å². The van der Waals surface area contributed by atoms with Crippen molar-refractivity contribution in [1.29, 1.82) is 5.41 Å². The summed E-state index contributed by atoms with van der Waals surface area (Å²) in [4.78, 5) is 0. The van der Waals surface area contributed by atoms with E-state index in [1.807, 2.05) is 6.07 Å². The molecule has 0 aliphatic carbocycles. The Morgan fingerprint density at radius 2 is 1.79 bits per heavy atom. The molecule has 0 heterocycles. The van der Waals surface area contributed by atoms with E-state index in [0.29, 0.717) is 26.6 Å². The third kappa shape index (κ3) is 3.49. The summed E-state index contributed by atoms with van der Waals surface area (Å²) in [5.74, 6) is 1.17. The number of hydrogen-bond acceptors (Lipinski definition) is 2.